The van der Waals surface area contributed by atoms with Crippen molar-refractivity contribution in [3.63, 3.8) is 0 Å². The van der Waals surface area contributed by atoms with Gasteiger partial charge in [-0.1, -0.05) is 125 Å². The number of aromatic nitrogens is 1. The van der Waals surface area contributed by atoms with Crippen molar-refractivity contribution < 1.29 is 120 Å². The number of ether oxygens (including phenoxy) is 1. The van der Waals surface area contributed by atoms with Crippen LogP contribution >= 0.6 is 11.8 Å². The van der Waals surface area contributed by atoms with Crippen molar-refractivity contribution in [3.05, 3.63) is 173 Å². The molecule has 3 fully saturated rings. The summed E-state index contributed by atoms with van der Waals surface area (Å²) in [6, 6.07) is 6.93. The lowest BCUT2D eigenvalue weighted by Crippen LogP contribution is -2.64. The van der Waals surface area contributed by atoms with Gasteiger partial charge in [0.25, 0.3) is 0 Å². The fourth-order valence-corrected chi connectivity index (χ4v) is 17.0. The molecule has 1 unspecified atom stereocenters. The van der Waals surface area contributed by atoms with Gasteiger partial charge in [-0.2, -0.15) is 0 Å². The lowest BCUT2D eigenvalue weighted by Gasteiger charge is -2.38. The Labute approximate surface area is 780 Å². The number of thioether (sulfide) groups is 1. The maximum Gasteiger partial charge on any atom is 0.305 e. The summed E-state index contributed by atoms with van der Waals surface area (Å²) in [5, 5.41) is 65.8. The molecule has 3 aliphatic heterocycles. The molecule has 3 aliphatic rings. The van der Waals surface area contributed by atoms with Crippen LogP contribution in [0.15, 0.2) is 128 Å². The molecular weight excluding hydrogens is 1780 g/mol. The van der Waals surface area contributed by atoms with E-state index in [1.54, 1.807) is 98.0 Å². The SMILES string of the molecule is CCCC[C@H]1C(=O)N2C[C@H](O)C[C@@H]2C(=O)N[C@@H](CC(=O)O)C(=O)N[C@@H](C(C)C)C(=O)N(C)[C@@H](Cc2ccccc2)C(=O)N[C@@H](CCC(=O)O)C(=O)N2CCOC[C@@H]2C(=O)N[C@@H](Cc2c[nH]c3ccccc23)C(=O)N[C@@H](Cc2ccc(O)cc2)C(=O)N[C@@H](CCCN)C(=O)N[C@H](C(=O)NCC(N)=O)CSCC(=O)N[C@@H](Cc2cc(F)c(F)c(F)c2)C(=O)N(C)C(Cc2ccccc2)C(=O)N1C. The minimum absolute atomic E-state index is 0.000215. The number of aliphatic hydroxyl groups excluding tert-OH is 1. The van der Waals surface area contributed by atoms with Crippen LogP contribution < -0.4 is 59.3 Å². The van der Waals surface area contributed by atoms with Crippen LogP contribution in [0.25, 0.3) is 10.9 Å². The number of carbonyl (C=O) groups is 17. The lowest BCUT2D eigenvalue weighted by atomic mass is 9.98. The van der Waals surface area contributed by atoms with Crippen molar-refractivity contribution in [2.75, 3.05) is 72.0 Å². The van der Waals surface area contributed by atoms with Crippen LogP contribution in [0.3, 0.4) is 0 Å². The van der Waals surface area contributed by atoms with Gasteiger partial charge in [0.2, 0.25) is 88.6 Å². The second kappa shape index (κ2) is 50.0. The largest absolute Gasteiger partial charge is 0.508 e. The molecule has 39 nitrogen and oxygen atoms in total. The standard InChI is InChI=1S/C92H116F3N17O22S/c1-7-8-25-69-91(132)112-46-57(114)42-71(112)86(127)105-66(43-77(119)120)84(125)107-79(50(2)3)92(133)109(5)70(39-51-18-11-9-12-19-51)85(126)102-63(30-31-76(117)118)89(130)111-33-34-134-47-73(111)87(128)104-65(41-55-44-98-61-23-16-15-22-58(55)61)83(124)103-64(37-53-26-28-56(113)29-27-53)82(123)101-62(24-17-32-96)81(122)106-68(80(121)99-45-74(97)115)48-135-49-75(116)100-67(38-54-35-59(93)78(95)60(94)36-54)88(129)110(6)72(90(131)108(69)4)40-52-20-13-10-14-21-52/h9-16,18-23,26-29,35-36,44,50,57,62-73,79,98,113-114H,7-8,17,24-25,30-34,37-43,45-49,96H2,1-6H3,(H2,97,115)(H,99,121)(H,100,116)(H,101,123)(H,102,126)(H,103,124)(H,104,128)(H,105,127)(H,106,122)(H,107,125)(H,117,118)(H,119,120)/t57-,62+,63+,64+,65+,66+,67+,68+,69+,70+,71-,72?,73-,79+/m1/s1. The summed E-state index contributed by atoms with van der Waals surface area (Å²) in [6.07, 6.45) is -5.09. The number of hydrogen-bond donors (Lipinski definition) is 16. The van der Waals surface area contributed by atoms with Gasteiger partial charge >= 0.3 is 11.9 Å². The number of halogens is 3. The zero-order chi connectivity index (χ0) is 98.6. The van der Waals surface area contributed by atoms with Gasteiger partial charge in [-0.25, -0.2) is 13.2 Å². The van der Waals surface area contributed by atoms with E-state index in [-0.39, 0.29) is 63.8 Å². The van der Waals surface area contributed by atoms with Crippen LogP contribution in [0.4, 0.5) is 13.2 Å². The molecule has 728 valence electrons. The first-order chi connectivity index (χ1) is 64.2. The first kappa shape index (κ1) is 105. The highest BCUT2D eigenvalue weighted by Crippen LogP contribution is 2.28. The second-order valence-electron chi connectivity index (χ2n) is 33.8. The number of nitrogens with one attached hydrogen (secondary N) is 10. The fourth-order valence-electron chi connectivity index (χ4n) is 16.1. The van der Waals surface area contributed by atoms with Gasteiger partial charge in [0, 0.05) is 102 Å². The minimum atomic E-state index is -2.07. The number of primary amides is 1. The number of amides is 15. The third kappa shape index (κ3) is 29.5. The van der Waals surface area contributed by atoms with Crippen molar-refractivity contribution in [3.8, 4) is 5.75 Å². The molecule has 4 heterocycles. The number of aromatic amines is 1. The number of rotatable bonds is 25. The number of unbranched alkanes of at least 4 members (excludes halogenated alkanes) is 1. The monoisotopic (exact) mass is 1900 g/mol. The lowest BCUT2D eigenvalue weighted by molar-refractivity contribution is -0.152. The predicted molar refractivity (Wildman–Crippen MR) is 483 cm³/mol. The molecular formula is C92H116F3N17O22S. The molecule has 3 saturated heterocycles. The average molecular weight is 1900 g/mol. The summed E-state index contributed by atoms with van der Waals surface area (Å²) >= 11 is 0.630. The van der Waals surface area contributed by atoms with E-state index in [0.717, 1.165) is 31.5 Å². The number of para-hydroxylation sites is 1. The van der Waals surface area contributed by atoms with Crippen molar-refractivity contribution in [2.24, 2.45) is 17.4 Å². The van der Waals surface area contributed by atoms with Gasteiger partial charge < -0.3 is 114 Å². The number of carboxylic acid groups (broad SMARTS) is 2. The van der Waals surface area contributed by atoms with E-state index in [9.17, 15) is 63.2 Å². The molecule has 9 rings (SSSR count). The topological polar surface area (TPSA) is 573 Å². The smallest absolute Gasteiger partial charge is 0.305 e. The van der Waals surface area contributed by atoms with Crippen LogP contribution in [-0.4, -0.2) is 307 Å². The third-order valence-electron chi connectivity index (χ3n) is 23.6. The molecule has 43 heteroatoms. The number of likely N-dealkylation sites (N-methyl/N-ethyl adjacent to an activating group) is 3. The van der Waals surface area contributed by atoms with E-state index < -0.39 is 290 Å². The minimum Gasteiger partial charge on any atom is -0.508 e. The summed E-state index contributed by atoms with van der Waals surface area (Å²) in [4.78, 5) is 258. The number of phenolic OH excluding ortho intramolecular Hbond substituents is 1. The molecule has 18 N–H and O–H groups in total. The number of aromatic hydroxyl groups is 1. The van der Waals surface area contributed by atoms with Crippen LogP contribution in [0, 0.1) is 23.4 Å². The zero-order valence-corrected chi connectivity index (χ0v) is 76.2. The number of benzene rings is 5. The Kier molecular flexibility index (Phi) is 38.9. The summed E-state index contributed by atoms with van der Waals surface area (Å²) in [5.74, 6) is -26.9. The molecule has 15 amide bonds. The number of nitrogens with zero attached hydrogens (tertiary/aromatic N) is 5. The number of H-pyrrole nitrogens is 1. The summed E-state index contributed by atoms with van der Waals surface area (Å²) in [5.41, 5.74) is 13.2. The van der Waals surface area contributed by atoms with Gasteiger partial charge in [-0.05, 0) is 96.3 Å². The Hall–Kier alpha value is -13.6. The Bertz CT molecular complexity index is 5240. The van der Waals surface area contributed by atoms with Crippen LogP contribution in [0.2, 0.25) is 0 Å². The Morgan fingerprint density at radius 1 is 0.548 bits per heavy atom. The highest BCUT2D eigenvalue weighted by atomic mass is 32.2. The summed E-state index contributed by atoms with van der Waals surface area (Å²) in [7, 11) is 3.56. The van der Waals surface area contributed by atoms with E-state index in [2.05, 4.69) is 52.8 Å². The highest BCUT2D eigenvalue weighted by Gasteiger charge is 2.48. The Morgan fingerprint density at radius 3 is 1.73 bits per heavy atom. The Balaban J connectivity index is 1.14. The van der Waals surface area contributed by atoms with Crippen molar-refractivity contribution >= 4 is 123 Å². The molecule has 0 aliphatic carbocycles. The number of carboxylic acids is 2. The molecule has 135 heavy (non-hydrogen) atoms. The first-order valence-corrected chi connectivity index (χ1v) is 45.3. The highest BCUT2D eigenvalue weighted by molar-refractivity contribution is 8.00. The molecule has 1 aromatic heterocycles. The van der Waals surface area contributed by atoms with E-state index in [4.69, 9.17) is 16.2 Å². The average Bonchev–Trinajstić information content (AvgIpc) is 1.62. The number of fused-ring (bicyclic) bond motifs is 3. The van der Waals surface area contributed by atoms with E-state index >= 15 is 51.9 Å². The number of hydrogen-bond acceptors (Lipinski definition) is 22. The number of phenols is 1. The van der Waals surface area contributed by atoms with E-state index in [0.29, 0.717) is 63.5 Å². The van der Waals surface area contributed by atoms with E-state index in [1.165, 1.54) is 52.2 Å². The van der Waals surface area contributed by atoms with Crippen LogP contribution in [-0.2, 0) is 118 Å². The van der Waals surface area contributed by atoms with Crippen LogP contribution in [0.1, 0.15) is 106 Å². The van der Waals surface area contributed by atoms with Crippen molar-refractivity contribution in [1.82, 2.24) is 77.3 Å². The van der Waals surface area contributed by atoms with E-state index in [1.807, 2.05) is 0 Å². The van der Waals surface area contributed by atoms with Gasteiger partial charge in [0.15, 0.2) is 17.5 Å². The second-order valence-corrected chi connectivity index (χ2v) is 34.9. The molecule has 0 bridgehead atoms. The van der Waals surface area contributed by atoms with Gasteiger partial charge in [0.1, 0.15) is 84.3 Å². The zero-order valence-electron chi connectivity index (χ0n) is 75.4. The van der Waals surface area contributed by atoms with Gasteiger partial charge in [0.05, 0.1) is 38.0 Å². The Morgan fingerprint density at radius 2 is 1.10 bits per heavy atom. The number of morpholine rings is 1. The molecule has 0 radical (unpaired) electrons. The molecule has 0 spiro atoms. The normalized spacial score (nSPS) is 24.0. The number of nitrogens with two attached hydrogens (primary N) is 2. The summed E-state index contributed by atoms with van der Waals surface area (Å²) < 4.78 is 50.9. The molecule has 6 aromatic rings. The summed E-state index contributed by atoms with van der Waals surface area (Å²) in [6.45, 7) is 2.06. The number of aliphatic hydroxyl groups is 1. The number of carbonyl (C=O) groups excluding carboxylic acids is 15. The van der Waals surface area contributed by atoms with Crippen LogP contribution in [0.5, 0.6) is 5.75 Å². The van der Waals surface area contributed by atoms with Crippen molar-refractivity contribution in [1.29, 1.82) is 0 Å². The third-order valence-corrected chi connectivity index (χ3v) is 24.6. The first-order valence-electron chi connectivity index (χ1n) is 44.2. The molecule has 14 atom stereocenters. The maximum absolute atomic E-state index is 15.7. The van der Waals surface area contributed by atoms with Crippen molar-refractivity contribution in [2.45, 2.75) is 195 Å². The predicted octanol–water partition coefficient (Wildman–Crippen LogP) is -0.374. The van der Waals surface area contributed by atoms with Gasteiger partial charge in [-0.3, -0.25) is 81.5 Å². The molecule has 0 saturated carbocycles. The quantitative estimate of drug-likeness (QED) is 0.0325. The fraction of sp³-hybridized carbons (Fsp3) is 0.467. The maximum atomic E-state index is 15.7. The number of aliphatic carboxylic acids is 2. The molecule has 5 aromatic carbocycles. The van der Waals surface area contributed by atoms with Gasteiger partial charge in [-0.15, -0.1) is 11.8 Å².